The van der Waals surface area contributed by atoms with E-state index in [1.807, 2.05) is 48.5 Å². The number of anilines is 1. The lowest BCUT2D eigenvalue weighted by molar-refractivity contribution is -0.129. The average Bonchev–Trinajstić information content (AvgIpc) is 2.82. The number of methoxy groups -OCH3 is 1. The second-order valence-electron chi connectivity index (χ2n) is 8.37. The Labute approximate surface area is 201 Å². The Hall–Kier alpha value is -1.73. The zero-order chi connectivity index (χ0) is 21.7. The van der Waals surface area contributed by atoms with Gasteiger partial charge in [-0.2, -0.15) is 0 Å². The van der Waals surface area contributed by atoms with Gasteiger partial charge in [0.25, 0.3) is 5.91 Å². The van der Waals surface area contributed by atoms with Crippen LogP contribution in [0.5, 0.6) is 5.75 Å². The van der Waals surface area contributed by atoms with Crippen LogP contribution in [0.15, 0.2) is 53.4 Å². The van der Waals surface area contributed by atoms with E-state index < -0.39 is 4.93 Å². The molecule has 0 saturated heterocycles. The maximum absolute atomic E-state index is 12.9. The number of carbonyl (C=O) groups is 1. The molecule has 1 unspecified atom stereocenters. The number of hydrogen-bond donors (Lipinski definition) is 1. The lowest BCUT2D eigenvalue weighted by atomic mass is 9.94. The highest BCUT2D eigenvalue weighted by Crippen LogP contribution is 2.49. The fourth-order valence-electron chi connectivity index (χ4n) is 4.49. The number of carbonyl (C=O) groups excluding carboxylic acids is 1. The van der Waals surface area contributed by atoms with Gasteiger partial charge < -0.3 is 19.7 Å². The summed E-state index contributed by atoms with van der Waals surface area (Å²) >= 11 is 1.43. The molecule has 1 saturated carbocycles. The molecule has 1 fully saturated rings. The van der Waals surface area contributed by atoms with Gasteiger partial charge in [-0.3, -0.25) is 4.79 Å². The van der Waals surface area contributed by atoms with Crippen molar-refractivity contribution >= 4 is 35.8 Å². The van der Waals surface area contributed by atoms with Crippen molar-refractivity contribution in [2.24, 2.45) is 0 Å². The Bertz CT molecular complexity index is 889. The number of nitrogens with one attached hydrogen (secondary N) is 1. The molecule has 0 bridgehead atoms. The molecule has 1 heterocycles. The standard InChI is InChI=1S/C25H32N2O3S.ClH/c1-27(20-9-4-3-5-10-20)17-8-18-30-21-15-13-19(14-16-21)25(29-2)24(28)26-22-11-6-7-12-23(22)31-25;/h6-7,11-16,20H,3-5,8-10,17-18H2,1-2H3,(H,26,28);1H. The Morgan fingerprint density at radius 2 is 1.81 bits per heavy atom. The Morgan fingerprint density at radius 1 is 1.09 bits per heavy atom. The van der Waals surface area contributed by atoms with Crippen molar-refractivity contribution in [2.45, 2.75) is 54.4 Å². The van der Waals surface area contributed by atoms with Crippen molar-refractivity contribution in [3.8, 4) is 5.75 Å². The zero-order valence-electron chi connectivity index (χ0n) is 18.8. The minimum Gasteiger partial charge on any atom is -0.494 e. The molecule has 2 aromatic carbocycles. The third-order valence-corrected chi connectivity index (χ3v) is 7.78. The van der Waals surface area contributed by atoms with Crippen molar-refractivity contribution in [3.05, 3.63) is 54.1 Å². The molecule has 0 radical (unpaired) electrons. The predicted octanol–water partition coefficient (Wildman–Crippen LogP) is 5.69. The SMILES string of the molecule is COC1(c2ccc(OCCCN(C)C3CCCCC3)cc2)Sc2ccccc2NC1=O.Cl. The fourth-order valence-corrected chi connectivity index (χ4v) is 5.65. The van der Waals surface area contributed by atoms with Gasteiger partial charge in [0.05, 0.1) is 12.3 Å². The Morgan fingerprint density at radius 3 is 2.53 bits per heavy atom. The summed E-state index contributed by atoms with van der Waals surface area (Å²) in [6.07, 6.45) is 7.78. The molecule has 32 heavy (non-hydrogen) atoms. The van der Waals surface area contributed by atoms with Gasteiger partial charge in [-0.25, -0.2) is 0 Å². The lowest BCUT2D eigenvalue weighted by Gasteiger charge is -2.35. The van der Waals surface area contributed by atoms with E-state index in [1.165, 1.54) is 43.9 Å². The Kier molecular flexibility index (Phi) is 8.88. The highest BCUT2D eigenvalue weighted by Gasteiger charge is 2.45. The maximum Gasteiger partial charge on any atom is 0.272 e. The van der Waals surface area contributed by atoms with Crippen molar-refractivity contribution in [1.82, 2.24) is 4.90 Å². The summed E-state index contributed by atoms with van der Waals surface area (Å²) in [7, 11) is 3.81. The van der Waals surface area contributed by atoms with Gasteiger partial charge in [0.2, 0.25) is 4.93 Å². The molecule has 174 valence electrons. The van der Waals surface area contributed by atoms with Crippen LogP contribution in [-0.4, -0.2) is 44.2 Å². The molecule has 1 aliphatic heterocycles. The molecule has 4 rings (SSSR count). The molecule has 0 aromatic heterocycles. The fraction of sp³-hybridized carbons (Fsp3) is 0.480. The van der Waals surface area contributed by atoms with E-state index in [0.29, 0.717) is 6.61 Å². The molecule has 2 aromatic rings. The van der Waals surface area contributed by atoms with Crippen LogP contribution >= 0.6 is 24.2 Å². The normalized spacial score (nSPS) is 20.9. The number of amides is 1. The molecule has 1 aliphatic carbocycles. The number of halogens is 1. The number of hydrogen-bond acceptors (Lipinski definition) is 5. The average molecular weight is 477 g/mol. The van der Waals surface area contributed by atoms with Crippen LogP contribution < -0.4 is 10.1 Å². The maximum atomic E-state index is 12.9. The topological polar surface area (TPSA) is 50.8 Å². The monoisotopic (exact) mass is 476 g/mol. The summed E-state index contributed by atoms with van der Waals surface area (Å²) in [6, 6.07) is 16.2. The molecule has 1 N–H and O–H groups in total. The third-order valence-electron chi connectivity index (χ3n) is 6.33. The van der Waals surface area contributed by atoms with E-state index in [2.05, 4.69) is 17.3 Å². The molecule has 7 heteroatoms. The van der Waals surface area contributed by atoms with E-state index in [4.69, 9.17) is 9.47 Å². The number of nitrogens with zero attached hydrogens (tertiary/aromatic N) is 1. The van der Waals surface area contributed by atoms with E-state index >= 15 is 0 Å². The predicted molar refractivity (Wildman–Crippen MR) is 133 cm³/mol. The molecule has 5 nitrogen and oxygen atoms in total. The summed E-state index contributed by atoms with van der Waals surface area (Å²) in [4.78, 5) is 15.3. The quantitative estimate of drug-likeness (QED) is 0.496. The van der Waals surface area contributed by atoms with Gasteiger partial charge in [-0.05, 0) is 50.6 Å². The van der Waals surface area contributed by atoms with Crippen LogP contribution in [0, 0.1) is 0 Å². The zero-order valence-corrected chi connectivity index (χ0v) is 20.5. The third kappa shape index (κ3) is 5.42. The molecule has 0 spiro atoms. The summed E-state index contributed by atoms with van der Waals surface area (Å²) in [5, 5.41) is 2.97. The molecule has 1 atom stereocenters. The second-order valence-corrected chi connectivity index (χ2v) is 9.59. The highest BCUT2D eigenvalue weighted by atomic mass is 35.5. The summed E-state index contributed by atoms with van der Waals surface area (Å²) in [6.45, 7) is 1.75. The molecule has 2 aliphatic rings. The van der Waals surface area contributed by atoms with E-state index in [-0.39, 0.29) is 18.3 Å². The van der Waals surface area contributed by atoms with Crippen LogP contribution in [-0.2, 0) is 14.5 Å². The van der Waals surface area contributed by atoms with Crippen LogP contribution in [0.1, 0.15) is 44.1 Å². The summed E-state index contributed by atoms with van der Waals surface area (Å²) in [5.74, 6) is 0.648. The van der Waals surface area contributed by atoms with Gasteiger partial charge in [0.1, 0.15) is 5.75 Å². The number of para-hydroxylation sites is 1. The number of ether oxygens (including phenoxy) is 2. The number of thioether (sulfide) groups is 1. The minimum absolute atomic E-state index is 0. The molecule has 1 amide bonds. The van der Waals surface area contributed by atoms with E-state index in [9.17, 15) is 4.79 Å². The second kappa shape index (κ2) is 11.4. The first-order chi connectivity index (χ1) is 15.1. The van der Waals surface area contributed by atoms with E-state index in [0.717, 1.165) is 40.9 Å². The first-order valence-corrected chi connectivity index (χ1v) is 12.0. The van der Waals surface area contributed by atoms with Gasteiger partial charge in [0.15, 0.2) is 0 Å². The van der Waals surface area contributed by atoms with Crippen LogP contribution in [0.3, 0.4) is 0 Å². The minimum atomic E-state index is -1.10. The van der Waals surface area contributed by atoms with Crippen molar-refractivity contribution in [3.63, 3.8) is 0 Å². The summed E-state index contributed by atoms with van der Waals surface area (Å²) < 4.78 is 11.7. The smallest absolute Gasteiger partial charge is 0.272 e. The summed E-state index contributed by atoms with van der Waals surface area (Å²) in [5.41, 5.74) is 1.62. The van der Waals surface area contributed by atoms with E-state index in [1.54, 1.807) is 7.11 Å². The van der Waals surface area contributed by atoms with Crippen LogP contribution in [0.2, 0.25) is 0 Å². The van der Waals surface area contributed by atoms with Crippen molar-refractivity contribution in [2.75, 3.05) is 32.6 Å². The number of benzene rings is 2. The highest BCUT2D eigenvalue weighted by molar-refractivity contribution is 8.01. The number of fused-ring (bicyclic) bond motifs is 1. The lowest BCUT2D eigenvalue weighted by Crippen LogP contribution is -2.41. The molecular weight excluding hydrogens is 444 g/mol. The van der Waals surface area contributed by atoms with Crippen LogP contribution in [0.25, 0.3) is 0 Å². The van der Waals surface area contributed by atoms with Gasteiger partial charge in [0, 0.05) is 30.2 Å². The van der Waals surface area contributed by atoms with Gasteiger partial charge >= 0.3 is 0 Å². The number of rotatable bonds is 8. The van der Waals surface area contributed by atoms with Crippen molar-refractivity contribution in [1.29, 1.82) is 0 Å². The molecular formula is C25H33ClN2O3S. The van der Waals surface area contributed by atoms with Crippen molar-refractivity contribution < 1.29 is 14.3 Å². The first-order valence-electron chi connectivity index (χ1n) is 11.2. The Balaban J connectivity index is 0.00000289. The first kappa shape index (κ1) is 24.9. The largest absolute Gasteiger partial charge is 0.494 e. The van der Waals surface area contributed by atoms with Crippen LogP contribution in [0.4, 0.5) is 5.69 Å². The van der Waals surface area contributed by atoms with Gasteiger partial charge in [-0.1, -0.05) is 55.3 Å². The van der Waals surface area contributed by atoms with Gasteiger partial charge in [-0.15, -0.1) is 12.4 Å².